The summed E-state index contributed by atoms with van der Waals surface area (Å²) in [6.45, 7) is 6.71. The van der Waals surface area contributed by atoms with Crippen LogP contribution in [0.15, 0.2) is 0 Å². The van der Waals surface area contributed by atoms with Crippen LogP contribution in [-0.2, 0) is 13.6 Å². The summed E-state index contributed by atoms with van der Waals surface area (Å²) in [7, 11) is 3.91. The number of hydrogen-bond donors (Lipinski definition) is 3. The van der Waals surface area contributed by atoms with E-state index in [9.17, 15) is 19.7 Å². The van der Waals surface area contributed by atoms with Gasteiger partial charge in [-0.2, -0.15) is 0 Å². The summed E-state index contributed by atoms with van der Waals surface area (Å²) >= 11 is 0. The van der Waals surface area contributed by atoms with Crippen LogP contribution in [0.5, 0.6) is 0 Å². The van der Waals surface area contributed by atoms with Crippen LogP contribution in [-0.4, -0.2) is 104 Å². The molecular formula is C34H75ClN2NaO6P+2. The first kappa shape index (κ1) is 50.6. The fourth-order valence-corrected chi connectivity index (χ4v) is 6.68. The molecule has 0 radical (unpaired) electrons. The van der Waals surface area contributed by atoms with Crippen molar-refractivity contribution in [3.8, 4) is 0 Å². The number of nitrogens with zero attached hydrogens (tertiary/aromatic N) is 2. The number of likely N-dealkylation sites (N-methyl/N-ethyl adjacent to an activating group) is 2. The van der Waals surface area contributed by atoms with Gasteiger partial charge in [0.2, 0.25) is 0 Å². The standard InChI is InChI=1S/C34H74N2O6P.ClH.Na/c1-7-9-11-13-15-17-19-21-23-25-27-35(3,4)29-33(37)31-41-43(39,40)42-32-34(38)30-36(5,6)28-26-24-22-20-18-16-14-12-10-8-2;;/h33-34,37-38H,7-32H2,1-6H3;1H;/q+1;;+1. The number of phosphoric acid groups is 1. The van der Waals surface area contributed by atoms with Gasteiger partial charge in [-0.15, -0.1) is 0 Å². The minimum atomic E-state index is -4.36. The Balaban J connectivity index is -0.00000882. The van der Waals surface area contributed by atoms with E-state index in [1.54, 1.807) is 0 Å². The molecule has 0 bridgehead atoms. The third kappa shape index (κ3) is 34.9. The van der Waals surface area contributed by atoms with Gasteiger partial charge >= 0.3 is 37.4 Å². The van der Waals surface area contributed by atoms with E-state index in [0.29, 0.717) is 22.1 Å². The average molecular weight is 697 g/mol. The maximum absolute atomic E-state index is 12.4. The van der Waals surface area contributed by atoms with Crippen LogP contribution < -0.4 is 42.0 Å². The molecular weight excluding hydrogens is 622 g/mol. The fraction of sp³-hybridized carbons (Fsp3) is 1.00. The quantitative estimate of drug-likeness (QED) is 0.0431. The van der Waals surface area contributed by atoms with Gasteiger partial charge in [0.25, 0.3) is 0 Å². The second-order valence-corrected chi connectivity index (χ2v) is 15.9. The summed E-state index contributed by atoms with van der Waals surface area (Å²) in [5.74, 6) is 0. The van der Waals surface area contributed by atoms with Crippen molar-refractivity contribution >= 4 is 7.82 Å². The van der Waals surface area contributed by atoms with Crippen LogP contribution in [0.1, 0.15) is 142 Å². The SMILES string of the molecule is CCCCCCCCCCCC[N+](C)(C)CC(O)COP(=O)(O)OCC(O)C[N+](C)(C)CCCCCCCCCCCC.[Cl-].[Na+]. The van der Waals surface area contributed by atoms with Crippen molar-refractivity contribution in [2.45, 2.75) is 154 Å². The molecule has 0 aliphatic carbocycles. The first-order chi connectivity index (χ1) is 20.3. The van der Waals surface area contributed by atoms with Gasteiger partial charge in [-0.05, 0) is 25.7 Å². The molecule has 0 saturated carbocycles. The second kappa shape index (κ2) is 31.2. The largest absolute Gasteiger partial charge is 1.00 e. The van der Waals surface area contributed by atoms with Gasteiger partial charge in [0, 0.05) is 0 Å². The molecule has 3 N–H and O–H groups in total. The van der Waals surface area contributed by atoms with E-state index in [4.69, 9.17) is 9.05 Å². The van der Waals surface area contributed by atoms with E-state index in [2.05, 4.69) is 42.0 Å². The second-order valence-electron chi connectivity index (χ2n) is 14.4. The predicted molar refractivity (Wildman–Crippen MR) is 181 cm³/mol. The van der Waals surface area contributed by atoms with E-state index in [0.717, 1.165) is 25.9 Å². The number of phosphoric ester groups is 1. The Morgan fingerprint density at radius 1 is 0.533 bits per heavy atom. The first-order valence-electron chi connectivity index (χ1n) is 17.9. The Labute approximate surface area is 307 Å². The average Bonchev–Trinajstić information content (AvgIpc) is 2.92. The molecule has 2 atom stereocenters. The summed E-state index contributed by atoms with van der Waals surface area (Å²) in [6, 6.07) is 0. The number of unbranched alkanes of at least 4 members (excludes halogenated alkanes) is 18. The van der Waals surface area contributed by atoms with Crippen LogP contribution in [0.2, 0.25) is 0 Å². The van der Waals surface area contributed by atoms with Crippen molar-refractivity contribution in [1.29, 1.82) is 0 Å². The first-order valence-corrected chi connectivity index (χ1v) is 19.4. The molecule has 268 valence electrons. The molecule has 45 heavy (non-hydrogen) atoms. The zero-order chi connectivity index (χ0) is 32.5. The summed E-state index contributed by atoms with van der Waals surface area (Å²) < 4.78 is 23.8. The van der Waals surface area contributed by atoms with Gasteiger partial charge in [-0.1, -0.05) is 117 Å². The zero-order valence-electron chi connectivity index (χ0n) is 30.8. The number of aliphatic hydroxyl groups is 2. The number of quaternary nitrogens is 2. The molecule has 0 aromatic heterocycles. The molecule has 0 fully saturated rings. The molecule has 8 nitrogen and oxygen atoms in total. The van der Waals surface area contributed by atoms with Crippen LogP contribution in [0.25, 0.3) is 0 Å². The third-order valence-electron chi connectivity index (χ3n) is 8.50. The minimum Gasteiger partial charge on any atom is -1.00 e. The Bertz CT molecular complexity index is 641. The van der Waals surface area contributed by atoms with E-state index in [1.807, 2.05) is 0 Å². The molecule has 0 heterocycles. The molecule has 0 aromatic rings. The predicted octanol–water partition coefficient (Wildman–Crippen LogP) is 1.84. The third-order valence-corrected chi connectivity index (χ3v) is 9.45. The summed E-state index contributed by atoms with van der Waals surface area (Å²) in [6.07, 6.45) is 24.1. The number of halogens is 1. The Kier molecular flexibility index (Phi) is 35.1. The molecule has 2 unspecified atom stereocenters. The molecule has 0 rings (SSSR count). The van der Waals surface area contributed by atoms with Gasteiger partial charge < -0.3 is 36.5 Å². The van der Waals surface area contributed by atoms with E-state index in [1.165, 1.54) is 116 Å². The van der Waals surface area contributed by atoms with Crippen LogP contribution in [0, 0.1) is 0 Å². The summed E-state index contributed by atoms with van der Waals surface area (Å²) in [5, 5.41) is 20.9. The van der Waals surface area contributed by atoms with Crippen molar-refractivity contribution in [2.75, 3.05) is 67.6 Å². The Hall–Kier alpha value is 1.24. The van der Waals surface area contributed by atoms with E-state index < -0.39 is 20.0 Å². The van der Waals surface area contributed by atoms with E-state index in [-0.39, 0.29) is 55.2 Å². The molecule has 0 amide bonds. The Morgan fingerprint density at radius 3 is 1.04 bits per heavy atom. The number of aliphatic hydroxyl groups excluding tert-OH is 2. The van der Waals surface area contributed by atoms with Gasteiger partial charge in [0.15, 0.2) is 0 Å². The Morgan fingerprint density at radius 2 is 0.778 bits per heavy atom. The van der Waals surface area contributed by atoms with Gasteiger partial charge in [0.05, 0.1) is 54.5 Å². The molecule has 0 aliphatic heterocycles. The normalized spacial score (nSPS) is 14.8. The zero-order valence-corrected chi connectivity index (χ0v) is 34.5. The maximum atomic E-state index is 12.4. The molecule has 0 aromatic carbocycles. The van der Waals surface area contributed by atoms with Crippen molar-refractivity contribution < 1.29 is 79.6 Å². The van der Waals surface area contributed by atoms with E-state index >= 15 is 0 Å². The smallest absolute Gasteiger partial charge is 1.00 e. The molecule has 0 aliphatic rings. The van der Waals surface area contributed by atoms with Crippen LogP contribution in [0.4, 0.5) is 0 Å². The van der Waals surface area contributed by atoms with Gasteiger partial charge in [-0.3, -0.25) is 9.05 Å². The fourth-order valence-electron chi connectivity index (χ4n) is 5.88. The van der Waals surface area contributed by atoms with Crippen molar-refractivity contribution in [2.24, 2.45) is 0 Å². The number of hydrogen-bond acceptors (Lipinski definition) is 5. The van der Waals surface area contributed by atoms with Crippen molar-refractivity contribution in [1.82, 2.24) is 0 Å². The maximum Gasteiger partial charge on any atom is 1.00 e. The van der Waals surface area contributed by atoms with Crippen molar-refractivity contribution in [3.05, 3.63) is 0 Å². The molecule has 0 spiro atoms. The number of rotatable bonds is 32. The monoisotopic (exact) mass is 696 g/mol. The van der Waals surface area contributed by atoms with Gasteiger partial charge in [-0.25, -0.2) is 4.57 Å². The van der Waals surface area contributed by atoms with Crippen LogP contribution in [0.3, 0.4) is 0 Å². The molecule has 0 saturated heterocycles. The summed E-state index contributed by atoms with van der Waals surface area (Å²) in [5.41, 5.74) is 0. The molecule has 11 heteroatoms. The van der Waals surface area contributed by atoms with Crippen molar-refractivity contribution in [3.63, 3.8) is 0 Å². The summed E-state index contributed by atoms with van der Waals surface area (Å²) in [4.78, 5) is 10.1. The topological polar surface area (TPSA) is 96.2 Å². The minimum absolute atomic E-state index is 0. The van der Waals surface area contributed by atoms with Gasteiger partial charge in [0.1, 0.15) is 25.3 Å². The van der Waals surface area contributed by atoms with Crippen LogP contribution >= 0.6 is 7.82 Å².